The highest BCUT2D eigenvalue weighted by Crippen LogP contribution is 2.40. The third-order valence-corrected chi connectivity index (χ3v) is 15.5. The van der Waals surface area contributed by atoms with Crippen LogP contribution in [0.5, 0.6) is 5.75 Å². The maximum atomic E-state index is 12.1. The molecule has 1 heterocycles. The molecule has 1 fully saturated rings. The smallest absolute Gasteiger partial charge is 0.311 e. The van der Waals surface area contributed by atoms with E-state index < -0.39 is 19.5 Å². The number of hydrogen-bond donors (Lipinski definition) is 0. The van der Waals surface area contributed by atoms with Crippen LogP contribution in [0.1, 0.15) is 115 Å². The van der Waals surface area contributed by atoms with Crippen LogP contribution in [0.15, 0.2) is 60.2 Å². The zero-order valence-electron chi connectivity index (χ0n) is 36.3. The Morgan fingerprint density at radius 2 is 1.62 bits per heavy atom. The first kappa shape index (κ1) is 46.9. The normalized spacial score (nSPS) is 22.5. The van der Waals surface area contributed by atoms with Crippen LogP contribution in [0.2, 0.25) is 18.1 Å². The predicted molar refractivity (Wildman–Crippen MR) is 222 cm³/mol. The van der Waals surface area contributed by atoms with E-state index in [2.05, 4.69) is 111 Å². The highest BCUT2D eigenvalue weighted by atomic mass is 28.4. The van der Waals surface area contributed by atoms with Gasteiger partial charge in [-0.2, -0.15) is 0 Å². The van der Waals surface area contributed by atoms with Crippen LogP contribution in [-0.4, -0.2) is 58.7 Å². The van der Waals surface area contributed by atoms with Crippen molar-refractivity contribution in [1.82, 2.24) is 0 Å². The quantitative estimate of drug-likeness (QED) is 0.0457. The van der Waals surface area contributed by atoms with Crippen LogP contribution in [0.25, 0.3) is 0 Å². The van der Waals surface area contributed by atoms with Crippen molar-refractivity contribution in [2.45, 2.75) is 158 Å². The predicted octanol–water partition coefficient (Wildman–Crippen LogP) is 11.5. The highest BCUT2D eigenvalue weighted by molar-refractivity contribution is 6.74. The molecule has 1 aliphatic heterocycles. The lowest BCUT2D eigenvalue weighted by Gasteiger charge is -2.46. The van der Waals surface area contributed by atoms with Gasteiger partial charge in [-0.25, -0.2) is 0 Å². The Kier molecular flexibility index (Phi) is 18.3. The standard InChI is InChI=1S/C45H76O7Si/c1-32(21-19-20-29-49-42(46)43(6,7)8)35(4)41-36(5)39(50-45(12,13)51-41)23-18-17-22-33(2)40(52-53(15,16)44(9,10)11)34(3)28-30-48-31-37-24-26-38(47-14)27-25-37/h17-18,21-27,33-36,39-41H,19-20,28-31H2,1-16H3/b22-17-,23-18-,32-21+/t33-,34?,35-,36-,39-,40+,41-/m0/s1. The SMILES string of the molecule is COc1ccc(COCCC(C)[C@H](O[Si](C)(C)C(C)(C)C)[C@@H](C)/C=C\C=C/[C@@H]2OC(C)(C)O[C@@H]([C@@H](C)/C(C)=C/CCCOC(=O)C(C)(C)C)[C@H]2C)cc1. The summed E-state index contributed by atoms with van der Waals surface area (Å²) in [7, 11) is -0.335. The third-order valence-electron chi connectivity index (χ3n) is 11.0. The summed E-state index contributed by atoms with van der Waals surface area (Å²) in [6.45, 7) is 34.1. The van der Waals surface area contributed by atoms with Gasteiger partial charge >= 0.3 is 5.97 Å². The first-order valence-corrected chi connectivity index (χ1v) is 22.8. The van der Waals surface area contributed by atoms with Crippen LogP contribution in [-0.2, 0) is 34.8 Å². The molecule has 0 spiro atoms. The topological polar surface area (TPSA) is 72.5 Å². The van der Waals surface area contributed by atoms with Gasteiger partial charge in [0.25, 0.3) is 0 Å². The third kappa shape index (κ3) is 15.4. The molecule has 1 aliphatic rings. The average molecular weight is 757 g/mol. The lowest BCUT2D eigenvalue weighted by atomic mass is 9.83. The lowest BCUT2D eigenvalue weighted by Crippen LogP contribution is -2.51. The summed E-state index contributed by atoms with van der Waals surface area (Å²) in [4.78, 5) is 12.1. The summed E-state index contributed by atoms with van der Waals surface area (Å²) in [5.41, 5.74) is 1.95. The van der Waals surface area contributed by atoms with Crippen molar-refractivity contribution in [3.63, 3.8) is 0 Å². The summed E-state index contributed by atoms with van der Waals surface area (Å²) < 4.78 is 36.9. The van der Waals surface area contributed by atoms with Crippen molar-refractivity contribution in [1.29, 1.82) is 0 Å². The van der Waals surface area contributed by atoms with Gasteiger partial charge in [-0.1, -0.05) is 96.6 Å². The summed E-state index contributed by atoms with van der Waals surface area (Å²) >= 11 is 0. The number of allylic oxidation sites excluding steroid dienone is 3. The number of hydrogen-bond acceptors (Lipinski definition) is 7. The monoisotopic (exact) mass is 757 g/mol. The molecule has 0 aromatic heterocycles. The molecule has 2 rings (SSSR count). The van der Waals surface area contributed by atoms with E-state index in [4.69, 9.17) is 28.1 Å². The minimum absolute atomic E-state index is 0.00132. The molecular formula is C45H76O7Si. The fourth-order valence-corrected chi connectivity index (χ4v) is 7.70. The summed E-state index contributed by atoms with van der Waals surface area (Å²) in [5, 5.41) is 0.116. The zero-order valence-corrected chi connectivity index (χ0v) is 37.3. The number of ether oxygens (including phenoxy) is 5. The molecule has 0 radical (unpaired) electrons. The van der Waals surface area contributed by atoms with Crippen LogP contribution in [0.4, 0.5) is 0 Å². The molecule has 302 valence electrons. The summed E-state index contributed by atoms with van der Waals surface area (Å²) in [5.74, 6) is 0.902. The molecule has 7 nitrogen and oxygen atoms in total. The molecule has 53 heavy (non-hydrogen) atoms. The molecular weight excluding hydrogens is 681 g/mol. The molecule has 1 aromatic carbocycles. The molecule has 1 saturated heterocycles. The van der Waals surface area contributed by atoms with E-state index in [0.29, 0.717) is 25.7 Å². The Labute approximate surface area is 325 Å². The number of unbranched alkanes of at least 4 members (excludes halogenated alkanes) is 1. The van der Waals surface area contributed by atoms with Crippen LogP contribution in [0.3, 0.4) is 0 Å². The fourth-order valence-electron chi connectivity index (χ4n) is 6.22. The molecule has 0 aliphatic carbocycles. The van der Waals surface area contributed by atoms with E-state index >= 15 is 0 Å². The van der Waals surface area contributed by atoms with Gasteiger partial charge in [0.05, 0.1) is 44.1 Å². The van der Waals surface area contributed by atoms with Gasteiger partial charge in [0.15, 0.2) is 14.1 Å². The van der Waals surface area contributed by atoms with E-state index in [1.165, 1.54) is 5.57 Å². The molecule has 0 saturated carbocycles. The summed E-state index contributed by atoms with van der Waals surface area (Å²) in [6.07, 6.45) is 13.6. The molecule has 0 N–H and O–H groups in total. The van der Waals surface area contributed by atoms with Gasteiger partial charge in [0.1, 0.15) is 5.75 Å². The Morgan fingerprint density at radius 1 is 0.981 bits per heavy atom. The van der Waals surface area contributed by atoms with Gasteiger partial charge in [0, 0.05) is 18.4 Å². The minimum Gasteiger partial charge on any atom is -0.497 e. The second-order valence-electron chi connectivity index (χ2n) is 18.3. The second kappa shape index (κ2) is 20.6. The van der Waals surface area contributed by atoms with Crippen molar-refractivity contribution < 1.29 is 32.9 Å². The molecule has 7 atom stereocenters. The lowest BCUT2D eigenvalue weighted by molar-refractivity contribution is -0.315. The Bertz CT molecular complexity index is 1330. The maximum absolute atomic E-state index is 12.1. The Morgan fingerprint density at radius 3 is 2.21 bits per heavy atom. The van der Waals surface area contributed by atoms with E-state index in [0.717, 1.165) is 30.6 Å². The van der Waals surface area contributed by atoms with Crippen LogP contribution >= 0.6 is 0 Å². The van der Waals surface area contributed by atoms with Crippen molar-refractivity contribution >= 4 is 14.3 Å². The molecule has 1 aromatic rings. The van der Waals surface area contributed by atoms with Gasteiger partial charge in [-0.3, -0.25) is 4.79 Å². The Hall–Kier alpha value is -2.23. The molecule has 0 bridgehead atoms. The molecule has 1 unspecified atom stereocenters. The number of methoxy groups -OCH3 is 1. The van der Waals surface area contributed by atoms with Crippen molar-refractivity contribution in [3.05, 3.63) is 65.8 Å². The van der Waals surface area contributed by atoms with Gasteiger partial charge in [0.2, 0.25) is 0 Å². The second-order valence-corrected chi connectivity index (χ2v) is 23.1. The van der Waals surface area contributed by atoms with Crippen molar-refractivity contribution in [2.75, 3.05) is 20.3 Å². The van der Waals surface area contributed by atoms with Crippen LogP contribution < -0.4 is 4.74 Å². The number of rotatable bonds is 19. The average Bonchev–Trinajstić information content (AvgIpc) is 3.07. The highest BCUT2D eigenvalue weighted by Gasteiger charge is 2.43. The van der Waals surface area contributed by atoms with Crippen molar-refractivity contribution in [2.24, 2.45) is 29.1 Å². The number of carbonyl (C=O) groups excluding carboxylic acids is 1. The van der Waals surface area contributed by atoms with Gasteiger partial charge in [-0.15, -0.1) is 0 Å². The molecule has 8 heteroatoms. The largest absolute Gasteiger partial charge is 0.497 e. The number of benzene rings is 1. The van der Waals surface area contributed by atoms with Gasteiger partial charge < -0.3 is 28.1 Å². The number of esters is 1. The van der Waals surface area contributed by atoms with E-state index in [9.17, 15) is 4.79 Å². The van der Waals surface area contributed by atoms with Crippen molar-refractivity contribution in [3.8, 4) is 5.75 Å². The molecule has 0 amide bonds. The minimum atomic E-state index is -2.02. The van der Waals surface area contributed by atoms with E-state index in [1.807, 2.05) is 46.8 Å². The maximum Gasteiger partial charge on any atom is 0.311 e. The first-order chi connectivity index (χ1) is 24.5. The zero-order chi connectivity index (χ0) is 40.2. The summed E-state index contributed by atoms with van der Waals surface area (Å²) in [6, 6.07) is 8.05. The number of carbonyl (C=O) groups is 1. The first-order valence-electron chi connectivity index (χ1n) is 19.9. The van der Waals surface area contributed by atoms with Crippen LogP contribution in [0, 0.1) is 29.1 Å². The Balaban J connectivity index is 2.07. The van der Waals surface area contributed by atoms with Gasteiger partial charge in [-0.05, 0) is 108 Å². The van der Waals surface area contributed by atoms with E-state index in [-0.39, 0.29) is 47.1 Å². The fraction of sp³-hybridized carbons (Fsp3) is 0.711. The van der Waals surface area contributed by atoms with E-state index in [1.54, 1.807) is 7.11 Å².